The summed E-state index contributed by atoms with van der Waals surface area (Å²) in [4.78, 5) is 4.07. The van der Waals surface area contributed by atoms with Gasteiger partial charge >= 0.3 is 0 Å². The molecule has 0 spiro atoms. The van der Waals surface area contributed by atoms with E-state index in [1.54, 1.807) is 6.20 Å². The van der Waals surface area contributed by atoms with Crippen molar-refractivity contribution in [2.24, 2.45) is 5.73 Å². The van der Waals surface area contributed by atoms with Gasteiger partial charge in [-0.1, -0.05) is 0 Å². The molecule has 0 atom stereocenters. The first kappa shape index (κ1) is 10.9. The zero-order valence-corrected chi connectivity index (χ0v) is 9.23. The second-order valence-corrected chi connectivity index (χ2v) is 3.73. The Hall–Kier alpha value is -1.61. The number of unbranched alkanes of at least 4 members (excludes halogenated alkanes) is 1. The molecule has 0 aliphatic rings. The summed E-state index contributed by atoms with van der Waals surface area (Å²) in [6.07, 6.45) is 5.66. The van der Waals surface area contributed by atoms with E-state index in [-0.39, 0.29) is 0 Å². The lowest BCUT2D eigenvalue weighted by atomic mass is 10.2. The SMILES string of the molecule is NCCCCOc1ccc2cnccc2c1. The van der Waals surface area contributed by atoms with E-state index in [9.17, 15) is 0 Å². The predicted octanol–water partition coefficient (Wildman–Crippen LogP) is 2.35. The van der Waals surface area contributed by atoms with E-state index in [1.807, 2.05) is 30.5 Å². The molecule has 1 aromatic heterocycles. The second-order valence-electron chi connectivity index (χ2n) is 3.73. The van der Waals surface area contributed by atoms with Gasteiger partial charge in [0, 0.05) is 17.8 Å². The van der Waals surface area contributed by atoms with Crippen molar-refractivity contribution in [3.63, 3.8) is 0 Å². The van der Waals surface area contributed by atoms with Crippen molar-refractivity contribution in [3.8, 4) is 5.75 Å². The summed E-state index contributed by atoms with van der Waals surface area (Å²) in [6.45, 7) is 1.46. The number of hydrogen-bond acceptors (Lipinski definition) is 3. The fraction of sp³-hybridized carbons (Fsp3) is 0.308. The van der Waals surface area contributed by atoms with E-state index in [0.717, 1.165) is 42.5 Å². The van der Waals surface area contributed by atoms with E-state index in [0.29, 0.717) is 0 Å². The molecule has 0 radical (unpaired) electrons. The fourth-order valence-electron chi connectivity index (χ4n) is 1.59. The van der Waals surface area contributed by atoms with Crippen molar-refractivity contribution in [1.29, 1.82) is 0 Å². The topological polar surface area (TPSA) is 48.1 Å². The minimum Gasteiger partial charge on any atom is -0.494 e. The van der Waals surface area contributed by atoms with Crippen LogP contribution in [-0.4, -0.2) is 18.1 Å². The number of benzene rings is 1. The first-order valence-electron chi connectivity index (χ1n) is 5.57. The van der Waals surface area contributed by atoms with Crippen LogP contribution < -0.4 is 10.5 Å². The summed E-state index contributed by atoms with van der Waals surface area (Å²) in [5.41, 5.74) is 5.42. The molecule has 2 aromatic rings. The van der Waals surface area contributed by atoms with Gasteiger partial charge in [0.2, 0.25) is 0 Å². The van der Waals surface area contributed by atoms with Gasteiger partial charge in [-0.15, -0.1) is 0 Å². The highest BCUT2D eigenvalue weighted by atomic mass is 16.5. The van der Waals surface area contributed by atoms with Crippen molar-refractivity contribution >= 4 is 10.8 Å². The average Bonchev–Trinajstić information content (AvgIpc) is 2.34. The van der Waals surface area contributed by atoms with Crippen LogP contribution in [0.2, 0.25) is 0 Å². The number of nitrogens with two attached hydrogens (primary N) is 1. The molecule has 3 heteroatoms. The van der Waals surface area contributed by atoms with Crippen LogP contribution in [0.3, 0.4) is 0 Å². The maximum Gasteiger partial charge on any atom is 0.119 e. The summed E-state index contributed by atoms with van der Waals surface area (Å²) in [5.74, 6) is 0.913. The second kappa shape index (κ2) is 5.47. The highest BCUT2D eigenvalue weighted by molar-refractivity contribution is 5.82. The highest BCUT2D eigenvalue weighted by Crippen LogP contribution is 2.19. The number of fused-ring (bicyclic) bond motifs is 1. The zero-order valence-electron chi connectivity index (χ0n) is 9.23. The van der Waals surface area contributed by atoms with Gasteiger partial charge in [0.15, 0.2) is 0 Å². The lowest BCUT2D eigenvalue weighted by Gasteiger charge is -2.06. The molecule has 0 saturated heterocycles. The Labute approximate surface area is 95.2 Å². The van der Waals surface area contributed by atoms with E-state index >= 15 is 0 Å². The minimum absolute atomic E-state index is 0.729. The van der Waals surface area contributed by atoms with Crippen molar-refractivity contribution in [2.75, 3.05) is 13.2 Å². The fourth-order valence-corrected chi connectivity index (χ4v) is 1.59. The lowest BCUT2D eigenvalue weighted by Crippen LogP contribution is -2.03. The van der Waals surface area contributed by atoms with Gasteiger partial charge in [-0.3, -0.25) is 4.98 Å². The highest BCUT2D eigenvalue weighted by Gasteiger charge is 1.96. The quantitative estimate of drug-likeness (QED) is 0.780. The van der Waals surface area contributed by atoms with Crippen molar-refractivity contribution in [2.45, 2.75) is 12.8 Å². The normalized spacial score (nSPS) is 10.6. The Bertz CT molecular complexity index is 456. The van der Waals surface area contributed by atoms with Crippen LogP contribution in [-0.2, 0) is 0 Å². The average molecular weight is 216 g/mol. The number of nitrogens with zero attached hydrogens (tertiary/aromatic N) is 1. The molecule has 0 aliphatic carbocycles. The Morgan fingerprint density at radius 3 is 2.94 bits per heavy atom. The standard InChI is InChI=1S/C13H16N2O/c14-6-1-2-8-16-13-4-3-12-10-15-7-5-11(12)9-13/h3-5,7,9-10H,1-2,6,8,14H2. The van der Waals surface area contributed by atoms with Crippen LogP contribution in [0.4, 0.5) is 0 Å². The van der Waals surface area contributed by atoms with Gasteiger partial charge in [-0.05, 0) is 49.0 Å². The number of pyridine rings is 1. The molecule has 1 aromatic carbocycles. The molecule has 0 fully saturated rings. The summed E-state index contributed by atoms with van der Waals surface area (Å²) < 4.78 is 5.64. The first-order chi connectivity index (χ1) is 7.90. The number of hydrogen-bond donors (Lipinski definition) is 1. The molecule has 16 heavy (non-hydrogen) atoms. The lowest BCUT2D eigenvalue weighted by molar-refractivity contribution is 0.308. The Balaban J connectivity index is 2.02. The predicted molar refractivity (Wildman–Crippen MR) is 65.5 cm³/mol. The van der Waals surface area contributed by atoms with E-state index in [2.05, 4.69) is 4.98 Å². The molecular formula is C13H16N2O. The third-order valence-electron chi connectivity index (χ3n) is 2.48. The number of ether oxygens (including phenoxy) is 1. The molecule has 0 saturated carbocycles. The molecule has 84 valence electrons. The monoisotopic (exact) mass is 216 g/mol. The molecule has 3 nitrogen and oxygen atoms in total. The van der Waals surface area contributed by atoms with E-state index in [4.69, 9.17) is 10.5 Å². The van der Waals surface area contributed by atoms with Gasteiger partial charge in [0.05, 0.1) is 6.61 Å². The zero-order chi connectivity index (χ0) is 11.2. The Morgan fingerprint density at radius 2 is 2.06 bits per heavy atom. The van der Waals surface area contributed by atoms with Crippen LogP contribution in [0.25, 0.3) is 10.8 Å². The molecule has 0 unspecified atom stereocenters. The smallest absolute Gasteiger partial charge is 0.119 e. The van der Waals surface area contributed by atoms with Gasteiger partial charge < -0.3 is 10.5 Å². The molecule has 1 heterocycles. The van der Waals surface area contributed by atoms with Crippen molar-refractivity contribution in [1.82, 2.24) is 4.98 Å². The summed E-state index contributed by atoms with van der Waals surface area (Å²) in [5, 5.41) is 2.29. The van der Waals surface area contributed by atoms with Crippen LogP contribution in [0.5, 0.6) is 5.75 Å². The van der Waals surface area contributed by atoms with E-state index in [1.165, 1.54) is 0 Å². The number of aromatic nitrogens is 1. The molecule has 0 aliphatic heterocycles. The number of rotatable bonds is 5. The van der Waals surface area contributed by atoms with E-state index < -0.39 is 0 Å². The molecule has 2 N–H and O–H groups in total. The third-order valence-corrected chi connectivity index (χ3v) is 2.48. The Kier molecular flexibility index (Phi) is 3.72. The van der Waals surface area contributed by atoms with Gasteiger partial charge in [-0.25, -0.2) is 0 Å². The third kappa shape index (κ3) is 2.70. The molecule has 2 rings (SSSR count). The van der Waals surface area contributed by atoms with Crippen molar-refractivity contribution < 1.29 is 4.74 Å². The maximum absolute atomic E-state index is 5.64. The van der Waals surface area contributed by atoms with Crippen LogP contribution in [0.1, 0.15) is 12.8 Å². The largest absolute Gasteiger partial charge is 0.494 e. The van der Waals surface area contributed by atoms with Crippen LogP contribution >= 0.6 is 0 Å². The molecular weight excluding hydrogens is 200 g/mol. The molecule has 0 amide bonds. The van der Waals surface area contributed by atoms with Crippen molar-refractivity contribution in [3.05, 3.63) is 36.7 Å². The van der Waals surface area contributed by atoms with Crippen LogP contribution in [0, 0.1) is 0 Å². The molecule has 0 bridgehead atoms. The Morgan fingerprint density at radius 1 is 1.12 bits per heavy atom. The summed E-state index contributed by atoms with van der Waals surface area (Å²) >= 11 is 0. The summed E-state index contributed by atoms with van der Waals surface area (Å²) in [7, 11) is 0. The van der Waals surface area contributed by atoms with Gasteiger partial charge in [0.1, 0.15) is 5.75 Å². The van der Waals surface area contributed by atoms with Gasteiger partial charge in [-0.2, -0.15) is 0 Å². The van der Waals surface area contributed by atoms with Gasteiger partial charge in [0.25, 0.3) is 0 Å². The minimum atomic E-state index is 0.729. The first-order valence-corrected chi connectivity index (χ1v) is 5.57. The maximum atomic E-state index is 5.64. The van der Waals surface area contributed by atoms with Crippen LogP contribution in [0.15, 0.2) is 36.7 Å². The summed E-state index contributed by atoms with van der Waals surface area (Å²) in [6, 6.07) is 8.04.